The topological polar surface area (TPSA) is 86.2 Å². The molecule has 3 rings (SSSR count). The first kappa shape index (κ1) is 25.1. The van der Waals surface area contributed by atoms with E-state index in [0.29, 0.717) is 22.1 Å². The summed E-state index contributed by atoms with van der Waals surface area (Å²) < 4.78 is 16.2. The third-order valence-electron chi connectivity index (χ3n) is 4.67. The van der Waals surface area contributed by atoms with Gasteiger partial charge in [-0.3, -0.25) is 4.79 Å². The number of hydrogen-bond acceptors (Lipinski definition) is 6. The molecule has 0 aliphatic carbocycles. The lowest BCUT2D eigenvalue weighted by Crippen LogP contribution is -2.24. The lowest BCUT2D eigenvalue weighted by molar-refractivity contribution is -0.123. The number of aryl methyl sites for hydroxylation is 2. The van der Waals surface area contributed by atoms with Crippen molar-refractivity contribution in [2.24, 2.45) is 5.10 Å². The van der Waals surface area contributed by atoms with Crippen molar-refractivity contribution >= 4 is 41.3 Å². The number of halogens is 2. The molecule has 3 aromatic rings. The van der Waals surface area contributed by atoms with Crippen LogP contribution in [0.3, 0.4) is 0 Å². The minimum absolute atomic E-state index is 0.210. The first-order valence-corrected chi connectivity index (χ1v) is 10.9. The Hall–Kier alpha value is -3.55. The maximum atomic E-state index is 12.4. The van der Waals surface area contributed by atoms with Crippen molar-refractivity contribution in [3.05, 3.63) is 86.9 Å². The Morgan fingerprint density at radius 3 is 2.38 bits per heavy atom. The van der Waals surface area contributed by atoms with Gasteiger partial charge in [0, 0.05) is 5.02 Å². The molecule has 0 aromatic heterocycles. The number of methoxy groups -OCH3 is 1. The van der Waals surface area contributed by atoms with Gasteiger partial charge in [0.15, 0.2) is 18.1 Å². The number of amides is 1. The zero-order chi connectivity index (χ0) is 24.7. The van der Waals surface area contributed by atoms with E-state index in [0.717, 1.165) is 11.1 Å². The number of carbonyl (C=O) groups is 2. The summed E-state index contributed by atoms with van der Waals surface area (Å²) in [4.78, 5) is 24.4. The van der Waals surface area contributed by atoms with E-state index >= 15 is 0 Å². The highest BCUT2D eigenvalue weighted by atomic mass is 35.5. The molecule has 0 aliphatic rings. The number of hydrogen-bond donors (Lipinski definition) is 1. The van der Waals surface area contributed by atoms with Crippen LogP contribution in [-0.2, 0) is 4.79 Å². The molecule has 0 radical (unpaired) electrons. The van der Waals surface area contributed by atoms with Gasteiger partial charge >= 0.3 is 5.97 Å². The van der Waals surface area contributed by atoms with Crippen molar-refractivity contribution in [1.82, 2.24) is 5.43 Å². The van der Waals surface area contributed by atoms with Gasteiger partial charge in [0.05, 0.1) is 23.9 Å². The van der Waals surface area contributed by atoms with Crippen LogP contribution >= 0.6 is 23.2 Å². The summed E-state index contributed by atoms with van der Waals surface area (Å²) in [6.45, 7) is 3.52. The predicted molar refractivity (Wildman–Crippen MR) is 132 cm³/mol. The molecule has 0 bridgehead atoms. The van der Waals surface area contributed by atoms with Crippen molar-refractivity contribution in [1.29, 1.82) is 0 Å². The Bertz CT molecular complexity index is 1220. The van der Waals surface area contributed by atoms with Gasteiger partial charge < -0.3 is 14.2 Å². The van der Waals surface area contributed by atoms with Crippen LogP contribution in [0.25, 0.3) is 0 Å². The van der Waals surface area contributed by atoms with Crippen molar-refractivity contribution in [2.45, 2.75) is 13.8 Å². The standard InChI is InChI=1S/C25H22Cl2N2O5/c1-15-10-18(11-16(2)24(15)27)33-14-23(30)29-28-13-17-8-9-21(22(12-17)32-3)34-25(31)19-6-4-5-7-20(19)26/h4-13H,14H2,1-3H3,(H,29,30)/b28-13+. The third-order valence-corrected chi connectivity index (χ3v) is 5.59. The molecule has 0 fully saturated rings. The first-order chi connectivity index (χ1) is 16.3. The first-order valence-electron chi connectivity index (χ1n) is 10.1. The monoisotopic (exact) mass is 500 g/mol. The molecule has 3 aromatic carbocycles. The summed E-state index contributed by atoms with van der Waals surface area (Å²) in [5, 5.41) is 4.88. The van der Waals surface area contributed by atoms with Gasteiger partial charge in [-0.25, -0.2) is 10.2 Å². The van der Waals surface area contributed by atoms with E-state index in [1.165, 1.54) is 13.3 Å². The lowest BCUT2D eigenvalue weighted by atomic mass is 10.1. The highest BCUT2D eigenvalue weighted by Gasteiger charge is 2.15. The number of benzene rings is 3. The summed E-state index contributed by atoms with van der Waals surface area (Å²) in [5.74, 6) is 0.0376. The minimum atomic E-state index is -0.608. The van der Waals surface area contributed by atoms with Crippen LogP contribution in [0.15, 0.2) is 59.7 Å². The van der Waals surface area contributed by atoms with Gasteiger partial charge in [-0.05, 0) is 73.0 Å². The van der Waals surface area contributed by atoms with E-state index in [-0.39, 0.29) is 22.9 Å². The quantitative estimate of drug-likeness (QED) is 0.194. The number of rotatable bonds is 8. The smallest absolute Gasteiger partial charge is 0.345 e. The molecule has 34 heavy (non-hydrogen) atoms. The Balaban J connectivity index is 1.58. The average molecular weight is 501 g/mol. The molecular formula is C25H22Cl2N2O5. The molecule has 0 aliphatic heterocycles. The highest BCUT2D eigenvalue weighted by molar-refractivity contribution is 6.33. The van der Waals surface area contributed by atoms with Gasteiger partial charge in [0.1, 0.15) is 5.75 Å². The zero-order valence-electron chi connectivity index (χ0n) is 18.7. The Morgan fingerprint density at radius 2 is 1.71 bits per heavy atom. The second kappa shape index (κ2) is 11.5. The maximum Gasteiger partial charge on any atom is 0.345 e. The molecule has 7 nitrogen and oxygen atoms in total. The SMILES string of the molecule is COc1cc(/C=N/NC(=O)COc2cc(C)c(Cl)c(C)c2)ccc1OC(=O)c1ccccc1Cl. The lowest BCUT2D eigenvalue weighted by Gasteiger charge is -2.10. The Labute approximate surface area is 207 Å². The summed E-state index contributed by atoms with van der Waals surface area (Å²) in [7, 11) is 1.45. The number of ether oxygens (including phenoxy) is 3. The van der Waals surface area contributed by atoms with Crippen molar-refractivity contribution in [3.8, 4) is 17.2 Å². The molecule has 176 valence electrons. The van der Waals surface area contributed by atoms with Gasteiger partial charge in [-0.15, -0.1) is 0 Å². The zero-order valence-corrected chi connectivity index (χ0v) is 20.2. The van der Waals surface area contributed by atoms with Gasteiger partial charge in [-0.2, -0.15) is 5.10 Å². The van der Waals surface area contributed by atoms with Crippen LogP contribution in [0.4, 0.5) is 0 Å². The normalized spacial score (nSPS) is 10.7. The molecule has 1 N–H and O–H groups in total. The van der Waals surface area contributed by atoms with E-state index in [4.69, 9.17) is 37.4 Å². The number of nitrogens with zero attached hydrogens (tertiary/aromatic N) is 1. The molecule has 0 saturated heterocycles. The van der Waals surface area contributed by atoms with E-state index in [9.17, 15) is 9.59 Å². The molecule has 0 heterocycles. The van der Waals surface area contributed by atoms with E-state index in [1.54, 1.807) is 54.6 Å². The second-order valence-electron chi connectivity index (χ2n) is 7.23. The largest absolute Gasteiger partial charge is 0.493 e. The number of carbonyl (C=O) groups excluding carboxylic acids is 2. The molecule has 1 amide bonds. The fraction of sp³-hybridized carbons (Fsp3) is 0.160. The van der Waals surface area contributed by atoms with Crippen LogP contribution < -0.4 is 19.6 Å². The van der Waals surface area contributed by atoms with Gasteiger partial charge in [0.25, 0.3) is 5.91 Å². The third kappa shape index (κ3) is 6.50. The maximum absolute atomic E-state index is 12.4. The predicted octanol–water partition coefficient (Wildman–Crippen LogP) is 5.37. The minimum Gasteiger partial charge on any atom is -0.493 e. The average Bonchev–Trinajstić information content (AvgIpc) is 2.82. The Kier molecular flexibility index (Phi) is 8.51. The summed E-state index contributed by atoms with van der Waals surface area (Å²) >= 11 is 12.2. The number of esters is 1. The molecule has 0 atom stereocenters. The molecule has 9 heteroatoms. The fourth-order valence-electron chi connectivity index (χ4n) is 2.98. The number of hydrazone groups is 1. The molecular weight excluding hydrogens is 479 g/mol. The van der Waals surface area contributed by atoms with Gasteiger partial charge in [-0.1, -0.05) is 35.3 Å². The van der Waals surface area contributed by atoms with Crippen LogP contribution in [0.1, 0.15) is 27.0 Å². The summed E-state index contributed by atoms with van der Waals surface area (Å²) in [5.41, 5.74) is 4.98. The van der Waals surface area contributed by atoms with Crippen molar-refractivity contribution in [3.63, 3.8) is 0 Å². The van der Waals surface area contributed by atoms with Crippen molar-refractivity contribution < 1.29 is 23.8 Å². The summed E-state index contributed by atoms with van der Waals surface area (Å²) in [6.07, 6.45) is 1.43. The second-order valence-corrected chi connectivity index (χ2v) is 8.02. The fourth-order valence-corrected chi connectivity index (χ4v) is 3.30. The van der Waals surface area contributed by atoms with Gasteiger partial charge in [0.2, 0.25) is 0 Å². The van der Waals surface area contributed by atoms with Crippen molar-refractivity contribution in [2.75, 3.05) is 13.7 Å². The molecule has 0 spiro atoms. The number of nitrogens with one attached hydrogen (secondary N) is 1. The highest BCUT2D eigenvalue weighted by Crippen LogP contribution is 2.29. The van der Waals surface area contributed by atoms with E-state index < -0.39 is 11.9 Å². The van der Waals surface area contributed by atoms with Crippen LogP contribution in [0, 0.1) is 13.8 Å². The summed E-state index contributed by atoms with van der Waals surface area (Å²) in [6, 6.07) is 14.9. The van der Waals surface area contributed by atoms with Crippen LogP contribution in [0.2, 0.25) is 10.0 Å². The van der Waals surface area contributed by atoms with Crippen LogP contribution in [-0.4, -0.2) is 31.8 Å². The molecule has 0 saturated carbocycles. The van der Waals surface area contributed by atoms with E-state index in [1.807, 2.05) is 13.8 Å². The Morgan fingerprint density at radius 1 is 1.00 bits per heavy atom. The van der Waals surface area contributed by atoms with E-state index in [2.05, 4.69) is 10.5 Å². The van der Waals surface area contributed by atoms with Crippen LogP contribution in [0.5, 0.6) is 17.2 Å². The molecule has 0 unspecified atom stereocenters.